The number of pyridine rings is 1. The highest BCUT2D eigenvalue weighted by Gasteiger charge is 2.32. The number of carbonyl (C=O) groups is 1. The van der Waals surface area contributed by atoms with Crippen LogP contribution in [0.3, 0.4) is 0 Å². The predicted molar refractivity (Wildman–Crippen MR) is 97.8 cm³/mol. The molecule has 0 saturated carbocycles. The minimum Gasteiger partial charge on any atom is -0.491 e. The zero-order valence-electron chi connectivity index (χ0n) is 15.5. The molecule has 6 heteroatoms. The molecule has 0 aromatic carbocycles. The summed E-state index contributed by atoms with van der Waals surface area (Å²) >= 11 is 0. The van der Waals surface area contributed by atoms with E-state index in [1.807, 2.05) is 27.7 Å². The van der Waals surface area contributed by atoms with Crippen LogP contribution in [0.1, 0.15) is 62.2 Å². The van der Waals surface area contributed by atoms with Gasteiger partial charge in [-0.1, -0.05) is 34.1 Å². The lowest BCUT2D eigenvalue weighted by Crippen LogP contribution is -2.36. The van der Waals surface area contributed by atoms with Gasteiger partial charge in [-0.05, 0) is 24.0 Å². The van der Waals surface area contributed by atoms with E-state index in [9.17, 15) is 14.7 Å². The summed E-state index contributed by atoms with van der Waals surface area (Å²) in [5.41, 5.74) is 6.43. The predicted octanol–water partition coefficient (Wildman–Crippen LogP) is 2.10. The molecule has 0 aliphatic heterocycles. The van der Waals surface area contributed by atoms with Crippen molar-refractivity contribution in [1.82, 2.24) is 4.57 Å². The highest BCUT2D eigenvalue weighted by atomic mass is 16.5. The van der Waals surface area contributed by atoms with Gasteiger partial charge < -0.3 is 20.1 Å². The number of ether oxygens (including phenoxy) is 1. The van der Waals surface area contributed by atoms with Gasteiger partial charge in [0.2, 0.25) is 0 Å². The second-order valence-corrected chi connectivity index (χ2v) is 7.59. The zero-order chi connectivity index (χ0) is 18.8. The fraction of sp³-hybridized carbons (Fsp3) is 0.579. The van der Waals surface area contributed by atoms with Crippen molar-refractivity contribution in [2.24, 2.45) is 11.1 Å². The highest BCUT2D eigenvalue weighted by molar-refractivity contribution is 6.08. The van der Waals surface area contributed by atoms with Gasteiger partial charge in [0.1, 0.15) is 6.10 Å². The largest absolute Gasteiger partial charge is 0.491 e. The van der Waals surface area contributed by atoms with Gasteiger partial charge in [0.05, 0.1) is 23.4 Å². The smallest absolute Gasteiger partial charge is 0.259 e. The molecule has 138 valence electrons. The first kappa shape index (κ1) is 19.4. The number of nitrogens with zero attached hydrogens (tertiary/aromatic N) is 1. The normalized spacial score (nSPS) is 16.9. The third-order valence-corrected chi connectivity index (χ3v) is 4.09. The van der Waals surface area contributed by atoms with Gasteiger partial charge in [-0.15, -0.1) is 0 Å². The fourth-order valence-corrected chi connectivity index (χ4v) is 2.90. The Hall–Kier alpha value is -1.92. The molecule has 25 heavy (non-hydrogen) atoms. The lowest BCUT2D eigenvalue weighted by atomic mass is 9.92. The van der Waals surface area contributed by atoms with Crippen molar-refractivity contribution in [3.8, 4) is 5.75 Å². The number of hydrogen-bond acceptors (Lipinski definition) is 5. The average molecular weight is 348 g/mol. The summed E-state index contributed by atoms with van der Waals surface area (Å²) in [7, 11) is 0. The quantitative estimate of drug-likeness (QED) is 0.768. The van der Waals surface area contributed by atoms with Crippen LogP contribution in [0.25, 0.3) is 6.08 Å². The van der Waals surface area contributed by atoms with Gasteiger partial charge in [0.25, 0.3) is 5.56 Å². The maximum absolute atomic E-state index is 13.0. The molecule has 1 aromatic heterocycles. The monoisotopic (exact) mass is 348 g/mol. The van der Waals surface area contributed by atoms with Crippen molar-refractivity contribution in [3.05, 3.63) is 33.3 Å². The molecule has 1 atom stereocenters. The van der Waals surface area contributed by atoms with Crippen molar-refractivity contribution < 1.29 is 14.6 Å². The molecular weight excluding hydrogens is 320 g/mol. The third kappa shape index (κ3) is 4.02. The van der Waals surface area contributed by atoms with Gasteiger partial charge in [0.15, 0.2) is 11.5 Å². The van der Waals surface area contributed by atoms with Gasteiger partial charge in [-0.3, -0.25) is 9.59 Å². The van der Waals surface area contributed by atoms with Crippen LogP contribution in [0.2, 0.25) is 0 Å². The minimum atomic E-state index is -1.26. The van der Waals surface area contributed by atoms with Gasteiger partial charge in [-0.2, -0.15) is 0 Å². The first-order valence-corrected chi connectivity index (χ1v) is 8.74. The molecule has 3 N–H and O–H groups in total. The van der Waals surface area contributed by atoms with Crippen molar-refractivity contribution in [2.75, 3.05) is 6.61 Å². The summed E-state index contributed by atoms with van der Waals surface area (Å²) in [6.07, 6.45) is 3.35. The number of unbranched alkanes of at least 4 members (excludes halogenated alkanes) is 1. The number of nitrogens with two attached hydrogens (primary N) is 1. The van der Waals surface area contributed by atoms with Crippen LogP contribution in [-0.2, 0) is 13.1 Å². The molecule has 6 nitrogen and oxygen atoms in total. The summed E-state index contributed by atoms with van der Waals surface area (Å²) < 4.78 is 7.50. The number of carbonyl (C=O) groups excluding carboxylic acids is 1. The summed E-state index contributed by atoms with van der Waals surface area (Å²) in [4.78, 5) is 25.5. The molecule has 0 spiro atoms. The number of aromatic nitrogens is 1. The Balaban J connectivity index is 2.73. The first-order chi connectivity index (χ1) is 11.7. The minimum absolute atomic E-state index is 0.0765. The highest BCUT2D eigenvalue weighted by Crippen LogP contribution is 2.31. The van der Waals surface area contributed by atoms with Crippen LogP contribution in [0.5, 0.6) is 5.75 Å². The molecule has 1 aliphatic rings. The number of aliphatic hydroxyl groups is 1. The lowest BCUT2D eigenvalue weighted by molar-refractivity contribution is 0.0812. The summed E-state index contributed by atoms with van der Waals surface area (Å²) in [5, 5.41) is 9.90. The molecule has 0 fully saturated rings. The van der Waals surface area contributed by atoms with Crippen molar-refractivity contribution in [2.45, 2.75) is 59.7 Å². The van der Waals surface area contributed by atoms with Crippen LogP contribution in [0, 0.1) is 5.41 Å². The Morgan fingerprint density at radius 1 is 1.32 bits per heavy atom. The Morgan fingerprint density at radius 2 is 2.00 bits per heavy atom. The van der Waals surface area contributed by atoms with Crippen molar-refractivity contribution >= 4 is 11.9 Å². The molecule has 1 aliphatic carbocycles. The van der Waals surface area contributed by atoms with Gasteiger partial charge in [-0.25, -0.2) is 0 Å². The van der Waals surface area contributed by atoms with E-state index in [1.54, 1.807) is 4.57 Å². The van der Waals surface area contributed by atoms with Crippen LogP contribution >= 0.6 is 0 Å². The average Bonchev–Trinajstić information content (AvgIpc) is 2.53. The Labute approximate surface area is 148 Å². The van der Waals surface area contributed by atoms with Crippen LogP contribution in [0.15, 0.2) is 10.9 Å². The van der Waals surface area contributed by atoms with E-state index in [2.05, 4.69) is 0 Å². The van der Waals surface area contributed by atoms with Gasteiger partial charge in [0, 0.05) is 13.1 Å². The maximum Gasteiger partial charge on any atom is 0.259 e. The molecule has 1 heterocycles. The Morgan fingerprint density at radius 3 is 2.56 bits per heavy atom. The molecule has 2 rings (SSSR count). The number of rotatable bonds is 6. The second-order valence-electron chi connectivity index (χ2n) is 7.59. The molecule has 0 saturated heterocycles. The molecule has 1 aromatic rings. The third-order valence-electron chi connectivity index (χ3n) is 4.09. The van der Waals surface area contributed by atoms with Gasteiger partial charge >= 0.3 is 0 Å². The van der Waals surface area contributed by atoms with Crippen molar-refractivity contribution in [1.29, 1.82) is 0 Å². The number of hydrogen-bond donors (Lipinski definition) is 2. The summed E-state index contributed by atoms with van der Waals surface area (Å²) in [5.74, 6) is -0.179. The molecule has 1 unspecified atom stereocenters. The number of aliphatic hydroxyl groups excluding tert-OH is 1. The molecular formula is C19H28N2O4. The maximum atomic E-state index is 13.0. The zero-order valence-corrected chi connectivity index (χ0v) is 15.5. The van der Waals surface area contributed by atoms with E-state index < -0.39 is 11.9 Å². The molecule has 0 amide bonds. The van der Waals surface area contributed by atoms with E-state index in [0.29, 0.717) is 24.6 Å². The Bertz CT molecular complexity index is 741. The van der Waals surface area contributed by atoms with Crippen LogP contribution in [0.4, 0.5) is 0 Å². The van der Waals surface area contributed by atoms with E-state index >= 15 is 0 Å². The number of fused-ring (bicyclic) bond motifs is 1. The van der Waals surface area contributed by atoms with E-state index in [-0.39, 0.29) is 28.6 Å². The lowest BCUT2D eigenvalue weighted by Gasteiger charge is -2.27. The molecule has 0 radical (unpaired) electrons. The number of ketones is 1. The summed E-state index contributed by atoms with van der Waals surface area (Å²) in [6, 6.07) is 0. The van der Waals surface area contributed by atoms with E-state index in [4.69, 9.17) is 10.5 Å². The topological polar surface area (TPSA) is 94.6 Å². The Kier molecular flexibility index (Phi) is 5.85. The standard InChI is InChI=1S/C19H28N2O4/c1-5-6-9-25-17-13(10-20)21(11-19(2,3)4)18(24)12-7-8-14(22)16(23)15(12)17/h7-8,14,22H,5-6,9-11,20H2,1-4H3. The van der Waals surface area contributed by atoms with Crippen molar-refractivity contribution in [3.63, 3.8) is 0 Å². The van der Waals surface area contributed by atoms with Crippen LogP contribution in [-0.4, -0.2) is 28.2 Å². The second kappa shape index (κ2) is 7.54. The summed E-state index contributed by atoms with van der Waals surface area (Å²) in [6.45, 7) is 9.09. The SMILES string of the molecule is CCCCOc1c2c(c(=O)n(CC(C)(C)C)c1CN)C=CC(O)C2=O. The van der Waals surface area contributed by atoms with Crippen LogP contribution < -0.4 is 16.0 Å². The van der Waals surface area contributed by atoms with E-state index in [0.717, 1.165) is 12.8 Å². The first-order valence-electron chi connectivity index (χ1n) is 8.74. The molecule has 0 bridgehead atoms. The van der Waals surface area contributed by atoms with E-state index in [1.165, 1.54) is 12.2 Å². The number of Topliss-reactive ketones (excluding diaryl/α,β-unsaturated/α-hetero) is 1. The fourth-order valence-electron chi connectivity index (χ4n) is 2.90.